The third kappa shape index (κ3) is 4.34. The molecule has 5 nitrogen and oxygen atoms in total. The van der Waals surface area contributed by atoms with E-state index in [0.29, 0.717) is 19.6 Å². The molecule has 0 aromatic heterocycles. The molecule has 0 bridgehead atoms. The third-order valence-electron chi connectivity index (χ3n) is 4.82. The number of carboxylic acids is 1. The molecule has 25 heavy (non-hydrogen) atoms. The minimum absolute atomic E-state index is 0.0825. The molecule has 3 rings (SSSR count). The average molecular weight is 353 g/mol. The Kier molecular flexibility index (Phi) is 5.32. The van der Waals surface area contributed by atoms with E-state index in [0.717, 1.165) is 31.0 Å². The summed E-state index contributed by atoms with van der Waals surface area (Å²) >= 11 is 0. The third-order valence-corrected chi connectivity index (χ3v) is 4.82. The molecule has 1 saturated carbocycles. The van der Waals surface area contributed by atoms with Crippen molar-refractivity contribution < 1.29 is 28.2 Å². The summed E-state index contributed by atoms with van der Waals surface area (Å²) < 4.78 is 32.8. The van der Waals surface area contributed by atoms with E-state index in [4.69, 9.17) is 9.84 Å². The molecule has 1 saturated heterocycles. The molecule has 1 amide bonds. The van der Waals surface area contributed by atoms with E-state index >= 15 is 0 Å². The Bertz CT molecular complexity index is 660. The number of aliphatic carboxylic acids is 1. The molecule has 0 unspecified atom stereocenters. The summed E-state index contributed by atoms with van der Waals surface area (Å²) in [7, 11) is 0. The lowest BCUT2D eigenvalue weighted by atomic mass is 10.1. The fourth-order valence-corrected chi connectivity index (χ4v) is 3.40. The predicted molar refractivity (Wildman–Crippen MR) is 85.0 cm³/mol. The van der Waals surface area contributed by atoms with E-state index in [2.05, 4.69) is 0 Å². The van der Waals surface area contributed by atoms with Gasteiger partial charge in [-0.15, -0.1) is 0 Å². The van der Waals surface area contributed by atoms with E-state index in [9.17, 15) is 18.4 Å². The van der Waals surface area contributed by atoms with Gasteiger partial charge < -0.3 is 14.7 Å². The Morgan fingerprint density at radius 1 is 1.32 bits per heavy atom. The minimum atomic E-state index is -0.978. The normalized spacial score (nSPS) is 25.0. The van der Waals surface area contributed by atoms with Crippen LogP contribution in [0, 0.1) is 17.6 Å². The summed E-state index contributed by atoms with van der Waals surface area (Å²) in [5, 5.41) is 8.90. The minimum Gasteiger partial charge on any atom is -0.481 e. The van der Waals surface area contributed by atoms with Crippen molar-refractivity contribution in [1.82, 2.24) is 4.90 Å². The molecule has 136 valence electrons. The van der Waals surface area contributed by atoms with Crippen LogP contribution < -0.4 is 0 Å². The number of amides is 1. The van der Waals surface area contributed by atoms with Gasteiger partial charge in [-0.05, 0) is 48.9 Å². The van der Waals surface area contributed by atoms with Gasteiger partial charge in [0.2, 0.25) is 5.91 Å². The molecule has 1 aliphatic carbocycles. The number of ether oxygens (including phenoxy) is 1. The molecule has 0 radical (unpaired) electrons. The summed E-state index contributed by atoms with van der Waals surface area (Å²) in [6.07, 6.45) is 1.98. The maximum Gasteiger partial charge on any atom is 0.305 e. The lowest BCUT2D eigenvalue weighted by Crippen LogP contribution is -2.39. The molecule has 1 heterocycles. The van der Waals surface area contributed by atoms with E-state index in [-0.39, 0.29) is 36.5 Å². The largest absolute Gasteiger partial charge is 0.481 e. The van der Waals surface area contributed by atoms with Crippen molar-refractivity contribution in [3.8, 4) is 0 Å². The Labute approximate surface area is 144 Å². The number of rotatable bonds is 7. The second kappa shape index (κ2) is 7.47. The standard InChI is InChI=1S/C18H21F2NO4/c19-11-3-4-16(20)14(8-11)13-9-15(13)18(24)21(6-5-17(22)23)10-12-2-1-7-25-12/h3-4,8,12-13,15H,1-2,5-7,9-10H2,(H,22,23)/t12-,13+,15-/m0/s1. The number of hydrogen-bond donors (Lipinski definition) is 1. The van der Waals surface area contributed by atoms with Gasteiger partial charge in [0.05, 0.1) is 12.5 Å². The highest BCUT2D eigenvalue weighted by Gasteiger charge is 2.47. The van der Waals surface area contributed by atoms with Crippen LogP contribution in [0.3, 0.4) is 0 Å². The number of hydrogen-bond acceptors (Lipinski definition) is 3. The summed E-state index contributed by atoms with van der Waals surface area (Å²) in [4.78, 5) is 25.1. The fourth-order valence-electron chi connectivity index (χ4n) is 3.40. The van der Waals surface area contributed by atoms with Crippen molar-refractivity contribution in [3.63, 3.8) is 0 Å². The average Bonchev–Trinajstić information content (AvgIpc) is 3.20. The highest BCUT2D eigenvalue weighted by molar-refractivity contribution is 5.83. The molecule has 1 aromatic rings. The second-order valence-electron chi connectivity index (χ2n) is 6.68. The van der Waals surface area contributed by atoms with Crippen LogP contribution in [-0.2, 0) is 14.3 Å². The Morgan fingerprint density at radius 2 is 2.12 bits per heavy atom. The predicted octanol–water partition coefficient (Wildman–Crippen LogP) is 2.55. The number of carbonyl (C=O) groups is 2. The van der Waals surface area contributed by atoms with Crippen molar-refractivity contribution in [2.45, 2.75) is 37.7 Å². The first-order valence-electron chi connectivity index (χ1n) is 8.53. The van der Waals surface area contributed by atoms with Crippen LogP contribution in [0.25, 0.3) is 0 Å². The monoisotopic (exact) mass is 353 g/mol. The fraction of sp³-hybridized carbons (Fsp3) is 0.556. The summed E-state index contributed by atoms with van der Waals surface area (Å²) in [6, 6.07) is 3.25. The van der Waals surface area contributed by atoms with E-state index in [1.165, 1.54) is 4.90 Å². The molecule has 3 atom stereocenters. The quantitative estimate of drug-likeness (QED) is 0.818. The zero-order valence-corrected chi connectivity index (χ0v) is 13.8. The van der Waals surface area contributed by atoms with Gasteiger partial charge in [-0.3, -0.25) is 9.59 Å². The first-order chi connectivity index (χ1) is 12.0. The molecule has 0 spiro atoms. The van der Waals surface area contributed by atoms with Crippen LogP contribution in [0.1, 0.15) is 37.2 Å². The Morgan fingerprint density at radius 3 is 2.80 bits per heavy atom. The second-order valence-corrected chi connectivity index (χ2v) is 6.68. The van der Waals surface area contributed by atoms with Crippen molar-refractivity contribution in [1.29, 1.82) is 0 Å². The van der Waals surface area contributed by atoms with E-state index in [1.807, 2.05) is 0 Å². The SMILES string of the molecule is O=C(O)CCN(C[C@@H]1CCCO1)C(=O)[C@H]1C[C@@H]1c1cc(F)ccc1F. The summed E-state index contributed by atoms with van der Waals surface area (Å²) in [5.74, 6) is -3.00. The van der Waals surface area contributed by atoms with Crippen LogP contribution in [0.5, 0.6) is 0 Å². The first-order valence-corrected chi connectivity index (χ1v) is 8.53. The molecule has 1 N–H and O–H groups in total. The van der Waals surface area contributed by atoms with Crippen LogP contribution in [0.2, 0.25) is 0 Å². The lowest BCUT2D eigenvalue weighted by molar-refractivity contribution is -0.139. The van der Waals surface area contributed by atoms with Crippen LogP contribution >= 0.6 is 0 Å². The van der Waals surface area contributed by atoms with E-state index < -0.39 is 23.5 Å². The molecule has 1 aliphatic heterocycles. The van der Waals surface area contributed by atoms with Crippen LogP contribution in [0.4, 0.5) is 8.78 Å². The van der Waals surface area contributed by atoms with Crippen molar-refractivity contribution in [3.05, 3.63) is 35.4 Å². The van der Waals surface area contributed by atoms with Crippen LogP contribution in [0.15, 0.2) is 18.2 Å². The van der Waals surface area contributed by atoms with E-state index in [1.54, 1.807) is 0 Å². The van der Waals surface area contributed by atoms with Gasteiger partial charge in [-0.1, -0.05) is 0 Å². The summed E-state index contributed by atoms with van der Waals surface area (Å²) in [6.45, 7) is 1.09. The maximum atomic E-state index is 13.9. The first kappa shape index (κ1) is 17.8. The molecule has 1 aromatic carbocycles. The van der Waals surface area contributed by atoms with Gasteiger partial charge in [0.25, 0.3) is 0 Å². The van der Waals surface area contributed by atoms with Crippen molar-refractivity contribution in [2.75, 3.05) is 19.7 Å². The zero-order chi connectivity index (χ0) is 18.0. The topological polar surface area (TPSA) is 66.8 Å². The molecular weight excluding hydrogens is 332 g/mol. The lowest BCUT2D eigenvalue weighted by Gasteiger charge is -2.25. The number of halogens is 2. The number of carbonyl (C=O) groups excluding carboxylic acids is 1. The van der Waals surface area contributed by atoms with Crippen molar-refractivity contribution in [2.24, 2.45) is 5.92 Å². The Balaban J connectivity index is 1.67. The smallest absolute Gasteiger partial charge is 0.305 e. The highest BCUT2D eigenvalue weighted by Crippen LogP contribution is 2.49. The molecule has 2 aliphatic rings. The number of nitrogens with zero attached hydrogens (tertiary/aromatic N) is 1. The molecule has 7 heteroatoms. The molecule has 2 fully saturated rings. The van der Waals surface area contributed by atoms with Crippen LogP contribution in [-0.4, -0.2) is 47.7 Å². The van der Waals surface area contributed by atoms with Gasteiger partial charge in [0.15, 0.2) is 0 Å². The maximum absolute atomic E-state index is 13.9. The zero-order valence-electron chi connectivity index (χ0n) is 13.8. The molecular formula is C18H21F2NO4. The van der Waals surface area contributed by atoms with Crippen molar-refractivity contribution >= 4 is 11.9 Å². The number of carboxylic acid groups (broad SMARTS) is 1. The van der Waals surface area contributed by atoms with Gasteiger partial charge in [0, 0.05) is 25.6 Å². The highest BCUT2D eigenvalue weighted by atomic mass is 19.1. The summed E-state index contributed by atoms with van der Waals surface area (Å²) in [5.41, 5.74) is 0.216. The van der Waals surface area contributed by atoms with Gasteiger partial charge >= 0.3 is 5.97 Å². The Hall–Kier alpha value is -2.02. The number of benzene rings is 1. The van der Waals surface area contributed by atoms with Gasteiger partial charge in [0.1, 0.15) is 11.6 Å². The van der Waals surface area contributed by atoms with Gasteiger partial charge in [-0.2, -0.15) is 0 Å². The van der Waals surface area contributed by atoms with Gasteiger partial charge in [-0.25, -0.2) is 8.78 Å².